The molecule has 0 aromatic rings. The van der Waals surface area contributed by atoms with Gasteiger partial charge in [-0.25, -0.2) is 8.42 Å². The van der Waals surface area contributed by atoms with Crippen LogP contribution in [0.2, 0.25) is 0 Å². The van der Waals surface area contributed by atoms with Crippen LogP contribution in [0.3, 0.4) is 0 Å². The van der Waals surface area contributed by atoms with E-state index in [1.807, 2.05) is 11.2 Å². The van der Waals surface area contributed by atoms with Gasteiger partial charge in [0.1, 0.15) is 0 Å². The van der Waals surface area contributed by atoms with Crippen LogP contribution in [0.5, 0.6) is 0 Å². The number of nitrogens with zero attached hydrogens (tertiary/aromatic N) is 1. The topological polar surface area (TPSA) is 49.4 Å². The van der Waals surface area contributed by atoms with Crippen LogP contribution in [0.4, 0.5) is 0 Å². The summed E-state index contributed by atoms with van der Waals surface area (Å²) in [6, 6.07) is 1.74. The molecule has 0 saturated carbocycles. The van der Waals surface area contributed by atoms with Crippen LogP contribution in [0.1, 0.15) is 45.4 Å². The predicted octanol–water partition coefficient (Wildman–Crippen LogP) is 1.08. The maximum atomic E-state index is 12.4. The van der Waals surface area contributed by atoms with E-state index in [2.05, 4.69) is 5.32 Å². The molecule has 4 nitrogen and oxygen atoms in total. The lowest BCUT2D eigenvalue weighted by atomic mass is 9.76. The van der Waals surface area contributed by atoms with Crippen LogP contribution < -0.4 is 5.32 Å². The van der Waals surface area contributed by atoms with Crippen LogP contribution in [0, 0.1) is 0 Å². The van der Waals surface area contributed by atoms with Gasteiger partial charge < -0.3 is 5.32 Å². The number of hydrogen-bond acceptors (Lipinski definition) is 3. The Labute approximate surface area is 104 Å². The smallest absolute Gasteiger partial charge is 0.214 e. The fourth-order valence-corrected chi connectivity index (χ4v) is 6.02. The largest absolute Gasteiger partial charge is 0.311 e. The molecule has 0 aromatic heterocycles. The van der Waals surface area contributed by atoms with Gasteiger partial charge in [-0.05, 0) is 32.1 Å². The highest BCUT2D eigenvalue weighted by atomic mass is 32.2. The minimum absolute atomic E-state index is 0.292. The van der Waals surface area contributed by atoms with E-state index in [1.165, 1.54) is 0 Å². The number of nitrogens with one attached hydrogen (secondary N) is 1. The van der Waals surface area contributed by atoms with E-state index >= 15 is 0 Å². The highest BCUT2D eigenvalue weighted by Crippen LogP contribution is 2.40. The van der Waals surface area contributed by atoms with Crippen molar-refractivity contribution < 1.29 is 8.42 Å². The Balaban J connectivity index is 1.79. The molecule has 0 amide bonds. The van der Waals surface area contributed by atoms with Crippen LogP contribution in [-0.4, -0.2) is 42.6 Å². The fourth-order valence-electron chi connectivity index (χ4n) is 3.90. The molecule has 0 unspecified atom stereocenters. The summed E-state index contributed by atoms with van der Waals surface area (Å²) in [4.78, 5) is 0. The molecule has 17 heavy (non-hydrogen) atoms. The Bertz CT molecular complexity index is 365. The second-order valence-corrected chi connectivity index (χ2v) is 7.80. The molecule has 4 saturated heterocycles. The van der Waals surface area contributed by atoms with Crippen molar-refractivity contribution >= 4 is 10.0 Å². The van der Waals surface area contributed by atoms with E-state index in [-0.39, 0.29) is 0 Å². The maximum Gasteiger partial charge on any atom is 0.214 e. The monoisotopic (exact) mass is 258 g/mol. The molecule has 0 spiro atoms. The minimum atomic E-state index is -3.00. The van der Waals surface area contributed by atoms with E-state index < -0.39 is 10.0 Å². The van der Waals surface area contributed by atoms with Gasteiger partial charge in [-0.1, -0.05) is 13.3 Å². The molecule has 4 bridgehead atoms. The SMILES string of the molecule is CCCCS(=O)(=O)N1C2CC3CC1CC(C2)N3. The van der Waals surface area contributed by atoms with Gasteiger partial charge in [0, 0.05) is 24.2 Å². The summed E-state index contributed by atoms with van der Waals surface area (Å²) in [5.41, 5.74) is 0. The average molecular weight is 258 g/mol. The molecular weight excluding hydrogens is 236 g/mol. The van der Waals surface area contributed by atoms with E-state index in [0.717, 1.165) is 38.5 Å². The molecule has 4 fully saturated rings. The van der Waals surface area contributed by atoms with Crippen molar-refractivity contribution in [3.63, 3.8) is 0 Å². The summed E-state index contributed by atoms with van der Waals surface area (Å²) in [5, 5.41) is 3.61. The number of unbranched alkanes of at least 4 members (excludes halogenated alkanes) is 1. The third-order valence-electron chi connectivity index (χ3n) is 4.49. The third kappa shape index (κ3) is 2.02. The van der Waals surface area contributed by atoms with Gasteiger partial charge in [0.05, 0.1) is 5.75 Å². The quantitative estimate of drug-likeness (QED) is 0.821. The lowest BCUT2D eigenvalue weighted by Gasteiger charge is -2.55. The second kappa shape index (κ2) is 4.21. The Hall–Kier alpha value is -0.130. The third-order valence-corrected chi connectivity index (χ3v) is 6.54. The number of rotatable bonds is 4. The van der Waals surface area contributed by atoms with Crippen molar-refractivity contribution in [3.8, 4) is 0 Å². The summed E-state index contributed by atoms with van der Waals surface area (Å²) in [5.74, 6) is 0.346. The van der Waals surface area contributed by atoms with Crippen LogP contribution in [-0.2, 0) is 10.0 Å². The minimum Gasteiger partial charge on any atom is -0.311 e. The van der Waals surface area contributed by atoms with Crippen LogP contribution in [0.25, 0.3) is 0 Å². The normalized spacial score (nSPS) is 41.0. The van der Waals surface area contributed by atoms with Crippen LogP contribution in [0.15, 0.2) is 0 Å². The lowest BCUT2D eigenvalue weighted by molar-refractivity contribution is 0.0273. The van der Waals surface area contributed by atoms with Gasteiger partial charge in [-0.2, -0.15) is 4.31 Å². The first-order chi connectivity index (χ1) is 8.10. The summed E-state index contributed by atoms with van der Waals surface area (Å²) in [6.07, 6.45) is 5.85. The Morgan fingerprint density at radius 1 is 1.12 bits per heavy atom. The first-order valence-electron chi connectivity index (χ1n) is 6.87. The molecule has 4 heterocycles. The molecule has 0 radical (unpaired) electrons. The Morgan fingerprint density at radius 2 is 1.65 bits per heavy atom. The second-order valence-electron chi connectivity index (χ2n) is 5.81. The summed E-state index contributed by atoms with van der Waals surface area (Å²) in [6.45, 7) is 2.05. The zero-order valence-electron chi connectivity index (χ0n) is 10.4. The van der Waals surface area contributed by atoms with Crippen molar-refractivity contribution in [2.24, 2.45) is 0 Å². The molecule has 4 aliphatic heterocycles. The van der Waals surface area contributed by atoms with E-state index in [0.29, 0.717) is 29.9 Å². The predicted molar refractivity (Wildman–Crippen MR) is 67.3 cm³/mol. The molecule has 0 aromatic carbocycles. The average Bonchev–Trinajstić information content (AvgIpc) is 2.24. The van der Waals surface area contributed by atoms with E-state index in [1.54, 1.807) is 0 Å². The molecular formula is C12H22N2O2S. The van der Waals surface area contributed by atoms with Gasteiger partial charge in [0.15, 0.2) is 0 Å². The number of sulfonamides is 1. The fraction of sp³-hybridized carbons (Fsp3) is 1.00. The van der Waals surface area contributed by atoms with Crippen LogP contribution >= 0.6 is 0 Å². The molecule has 0 aliphatic carbocycles. The molecule has 4 rings (SSSR count). The van der Waals surface area contributed by atoms with Gasteiger partial charge >= 0.3 is 0 Å². The van der Waals surface area contributed by atoms with E-state index in [4.69, 9.17) is 0 Å². The Morgan fingerprint density at radius 3 is 2.12 bits per heavy atom. The molecule has 4 aliphatic rings. The zero-order chi connectivity index (χ0) is 12.0. The maximum absolute atomic E-state index is 12.4. The molecule has 5 heteroatoms. The highest BCUT2D eigenvalue weighted by molar-refractivity contribution is 7.89. The molecule has 1 N–H and O–H groups in total. The van der Waals surface area contributed by atoms with Crippen molar-refractivity contribution in [3.05, 3.63) is 0 Å². The number of piperidine rings is 4. The van der Waals surface area contributed by atoms with Gasteiger partial charge in [-0.3, -0.25) is 0 Å². The van der Waals surface area contributed by atoms with Crippen molar-refractivity contribution in [1.82, 2.24) is 9.62 Å². The van der Waals surface area contributed by atoms with E-state index in [9.17, 15) is 8.42 Å². The van der Waals surface area contributed by atoms with Crippen molar-refractivity contribution in [2.45, 2.75) is 69.6 Å². The van der Waals surface area contributed by atoms with Gasteiger partial charge in [0.25, 0.3) is 0 Å². The molecule has 0 atom stereocenters. The summed E-state index contributed by atoms with van der Waals surface area (Å²) >= 11 is 0. The van der Waals surface area contributed by atoms with Gasteiger partial charge in [-0.15, -0.1) is 0 Å². The Kier molecular flexibility index (Phi) is 2.96. The first kappa shape index (κ1) is 11.9. The summed E-state index contributed by atoms with van der Waals surface area (Å²) < 4.78 is 26.7. The standard InChI is InChI=1S/C12H22N2O2S/c1-2-3-4-17(15,16)14-11-5-9-6-12(14)8-10(7-11)13-9/h9-13H,2-8H2,1H3. The lowest BCUT2D eigenvalue weighted by Crippen LogP contribution is -2.68. The first-order valence-corrected chi connectivity index (χ1v) is 8.48. The summed E-state index contributed by atoms with van der Waals surface area (Å²) in [7, 11) is -3.00. The molecule has 98 valence electrons. The zero-order valence-corrected chi connectivity index (χ0v) is 11.2. The number of hydrogen-bond donors (Lipinski definition) is 1. The van der Waals surface area contributed by atoms with Crippen molar-refractivity contribution in [2.75, 3.05) is 5.75 Å². The van der Waals surface area contributed by atoms with Gasteiger partial charge in [0.2, 0.25) is 10.0 Å². The highest BCUT2D eigenvalue weighted by Gasteiger charge is 2.50. The van der Waals surface area contributed by atoms with Crippen molar-refractivity contribution in [1.29, 1.82) is 0 Å².